The molecular formula is C18H20BrNO2S. The minimum Gasteiger partial charge on any atom is -0.310 e. The molecule has 0 aliphatic heterocycles. The van der Waals surface area contributed by atoms with Crippen LogP contribution in [0, 0.1) is 0 Å². The lowest BCUT2D eigenvalue weighted by molar-refractivity contribution is 0.457. The number of aryl methyl sites for hydroxylation is 1. The zero-order chi connectivity index (χ0) is 16.4. The maximum Gasteiger partial charge on any atom is 0.175 e. The monoisotopic (exact) mass is 393 g/mol. The van der Waals surface area contributed by atoms with E-state index >= 15 is 0 Å². The van der Waals surface area contributed by atoms with Gasteiger partial charge in [-0.2, -0.15) is 0 Å². The van der Waals surface area contributed by atoms with Crippen LogP contribution >= 0.6 is 15.9 Å². The Morgan fingerprint density at radius 2 is 1.87 bits per heavy atom. The Balaban J connectivity index is 1.60. The first kappa shape index (κ1) is 16.7. The molecule has 0 radical (unpaired) electrons. The minimum atomic E-state index is -3.12. The Bertz CT molecular complexity index is 800. The van der Waals surface area contributed by atoms with E-state index < -0.39 is 9.84 Å². The first-order chi connectivity index (χ1) is 10.9. The molecule has 1 N–H and O–H groups in total. The van der Waals surface area contributed by atoms with E-state index in [1.54, 1.807) is 12.1 Å². The number of hydrogen-bond donors (Lipinski definition) is 1. The van der Waals surface area contributed by atoms with Gasteiger partial charge >= 0.3 is 0 Å². The highest BCUT2D eigenvalue weighted by atomic mass is 79.9. The molecule has 0 amide bonds. The minimum absolute atomic E-state index is 0.374. The van der Waals surface area contributed by atoms with Crippen molar-refractivity contribution in [3.8, 4) is 0 Å². The summed E-state index contributed by atoms with van der Waals surface area (Å²) in [6, 6.07) is 14.1. The van der Waals surface area contributed by atoms with Crippen molar-refractivity contribution >= 4 is 25.8 Å². The van der Waals surface area contributed by atoms with Gasteiger partial charge in [0, 0.05) is 23.3 Å². The molecule has 2 aromatic carbocycles. The lowest BCUT2D eigenvalue weighted by Crippen LogP contribution is -2.34. The average Bonchev–Trinajstić information content (AvgIpc) is 2.52. The van der Waals surface area contributed by atoms with Gasteiger partial charge in [-0.05, 0) is 60.2 Å². The first-order valence-electron chi connectivity index (χ1n) is 7.71. The molecule has 122 valence electrons. The van der Waals surface area contributed by atoms with Gasteiger partial charge in [-0.1, -0.05) is 34.1 Å². The third-order valence-electron chi connectivity index (χ3n) is 4.34. The number of fused-ring (bicyclic) bond motifs is 1. The van der Waals surface area contributed by atoms with Crippen molar-refractivity contribution in [1.82, 2.24) is 5.32 Å². The highest BCUT2D eigenvalue weighted by Crippen LogP contribution is 2.25. The molecule has 1 aliphatic carbocycles. The van der Waals surface area contributed by atoms with E-state index in [2.05, 4.69) is 39.4 Å². The summed E-state index contributed by atoms with van der Waals surface area (Å²) in [4.78, 5) is 0.374. The first-order valence-corrected chi connectivity index (χ1v) is 10.4. The SMILES string of the molecule is CS(=O)(=O)c1ccc(CNC2CCc3cc(Br)ccc3C2)cc1. The van der Waals surface area contributed by atoms with Crippen molar-refractivity contribution < 1.29 is 8.42 Å². The summed E-state index contributed by atoms with van der Waals surface area (Å²) in [5.74, 6) is 0. The largest absolute Gasteiger partial charge is 0.310 e. The number of rotatable bonds is 4. The topological polar surface area (TPSA) is 46.2 Å². The predicted octanol–water partition coefficient (Wildman–Crippen LogP) is 3.50. The van der Waals surface area contributed by atoms with Crippen LogP contribution in [0.25, 0.3) is 0 Å². The van der Waals surface area contributed by atoms with Crippen LogP contribution in [0.2, 0.25) is 0 Å². The smallest absolute Gasteiger partial charge is 0.175 e. The van der Waals surface area contributed by atoms with E-state index in [9.17, 15) is 8.42 Å². The van der Waals surface area contributed by atoms with Gasteiger partial charge in [-0.25, -0.2) is 8.42 Å². The molecule has 0 saturated carbocycles. The highest BCUT2D eigenvalue weighted by Gasteiger charge is 2.18. The Kier molecular flexibility index (Phi) is 4.90. The highest BCUT2D eigenvalue weighted by molar-refractivity contribution is 9.10. The van der Waals surface area contributed by atoms with E-state index in [1.807, 2.05) is 12.1 Å². The summed E-state index contributed by atoms with van der Waals surface area (Å²) < 4.78 is 24.1. The standard InChI is InChI=1S/C18H20BrNO2S/c1-23(21,22)18-8-2-13(3-9-18)12-20-17-7-5-14-10-16(19)6-4-15(14)11-17/h2-4,6,8-10,17,20H,5,7,11-12H2,1H3. The molecule has 0 bridgehead atoms. The summed E-state index contributed by atoms with van der Waals surface area (Å²) in [7, 11) is -3.12. The van der Waals surface area contributed by atoms with Crippen LogP contribution in [0.4, 0.5) is 0 Å². The predicted molar refractivity (Wildman–Crippen MR) is 96.3 cm³/mol. The number of halogens is 1. The van der Waals surface area contributed by atoms with Crippen LogP contribution in [0.3, 0.4) is 0 Å². The average molecular weight is 394 g/mol. The molecule has 3 rings (SSSR count). The van der Waals surface area contributed by atoms with Crippen LogP contribution in [-0.4, -0.2) is 20.7 Å². The van der Waals surface area contributed by atoms with E-state index in [0.29, 0.717) is 10.9 Å². The summed E-state index contributed by atoms with van der Waals surface area (Å²) in [5.41, 5.74) is 3.97. The molecule has 2 aromatic rings. The fraction of sp³-hybridized carbons (Fsp3) is 0.333. The Morgan fingerprint density at radius 1 is 1.13 bits per heavy atom. The molecule has 5 heteroatoms. The maximum absolute atomic E-state index is 11.5. The van der Waals surface area contributed by atoms with Gasteiger partial charge < -0.3 is 5.32 Å². The summed E-state index contributed by atoms with van der Waals surface area (Å²) in [6.07, 6.45) is 4.51. The second kappa shape index (κ2) is 6.75. The number of nitrogens with one attached hydrogen (secondary N) is 1. The van der Waals surface area contributed by atoms with Gasteiger partial charge in [0.2, 0.25) is 0 Å². The maximum atomic E-state index is 11.5. The van der Waals surface area contributed by atoms with Crippen molar-refractivity contribution in [1.29, 1.82) is 0 Å². The van der Waals surface area contributed by atoms with Crippen LogP contribution in [0.5, 0.6) is 0 Å². The zero-order valence-electron chi connectivity index (χ0n) is 13.0. The molecule has 3 nitrogen and oxygen atoms in total. The summed E-state index contributed by atoms with van der Waals surface area (Å²) in [6.45, 7) is 0.764. The number of hydrogen-bond acceptors (Lipinski definition) is 3. The second-order valence-electron chi connectivity index (χ2n) is 6.15. The van der Waals surface area contributed by atoms with Gasteiger partial charge in [-0.3, -0.25) is 0 Å². The normalized spacial score (nSPS) is 17.7. The fourth-order valence-corrected chi connectivity index (χ4v) is 4.05. The molecule has 0 heterocycles. The molecule has 0 saturated heterocycles. The lowest BCUT2D eigenvalue weighted by Gasteiger charge is -2.26. The Morgan fingerprint density at radius 3 is 2.57 bits per heavy atom. The van der Waals surface area contributed by atoms with Crippen molar-refractivity contribution in [3.63, 3.8) is 0 Å². The van der Waals surface area contributed by atoms with Crippen molar-refractivity contribution in [2.24, 2.45) is 0 Å². The van der Waals surface area contributed by atoms with E-state index in [0.717, 1.165) is 35.8 Å². The van der Waals surface area contributed by atoms with Crippen LogP contribution in [-0.2, 0) is 29.2 Å². The molecule has 23 heavy (non-hydrogen) atoms. The lowest BCUT2D eigenvalue weighted by atomic mass is 9.88. The molecule has 1 unspecified atom stereocenters. The molecule has 1 aliphatic rings. The van der Waals surface area contributed by atoms with Gasteiger partial charge in [0.1, 0.15) is 0 Å². The van der Waals surface area contributed by atoms with Crippen LogP contribution < -0.4 is 5.32 Å². The Labute approximate surface area is 146 Å². The molecular weight excluding hydrogens is 374 g/mol. The van der Waals surface area contributed by atoms with Crippen LogP contribution in [0.15, 0.2) is 51.8 Å². The molecule has 1 atom stereocenters. The fourth-order valence-electron chi connectivity index (χ4n) is 3.01. The quantitative estimate of drug-likeness (QED) is 0.864. The van der Waals surface area contributed by atoms with Crippen LogP contribution in [0.1, 0.15) is 23.1 Å². The van der Waals surface area contributed by atoms with Gasteiger partial charge in [0.15, 0.2) is 9.84 Å². The van der Waals surface area contributed by atoms with E-state index in [1.165, 1.54) is 17.4 Å². The van der Waals surface area contributed by atoms with Crippen molar-refractivity contribution in [3.05, 3.63) is 63.6 Å². The summed E-state index contributed by atoms with van der Waals surface area (Å²) in [5, 5.41) is 3.59. The third-order valence-corrected chi connectivity index (χ3v) is 5.96. The second-order valence-corrected chi connectivity index (χ2v) is 9.08. The number of benzene rings is 2. The zero-order valence-corrected chi connectivity index (χ0v) is 15.5. The Hall–Kier alpha value is -1.17. The molecule has 0 aromatic heterocycles. The molecule has 0 fully saturated rings. The van der Waals surface area contributed by atoms with Gasteiger partial charge in [0.25, 0.3) is 0 Å². The molecule has 0 spiro atoms. The van der Waals surface area contributed by atoms with Crippen molar-refractivity contribution in [2.45, 2.75) is 36.7 Å². The summed E-state index contributed by atoms with van der Waals surface area (Å²) >= 11 is 3.53. The third kappa shape index (κ3) is 4.22. The van der Waals surface area contributed by atoms with E-state index in [4.69, 9.17) is 0 Å². The van der Waals surface area contributed by atoms with Gasteiger partial charge in [0.05, 0.1) is 4.90 Å². The van der Waals surface area contributed by atoms with E-state index in [-0.39, 0.29) is 0 Å². The number of sulfone groups is 1. The van der Waals surface area contributed by atoms with Crippen molar-refractivity contribution in [2.75, 3.05) is 6.26 Å². The van der Waals surface area contributed by atoms with Gasteiger partial charge in [-0.15, -0.1) is 0 Å².